The van der Waals surface area contributed by atoms with Gasteiger partial charge in [-0.2, -0.15) is 0 Å². The first-order valence-electron chi connectivity index (χ1n) is 6.06. The molecule has 1 rings (SSSR count). The number of benzene rings is 1. The molecule has 0 N–H and O–H groups in total. The fourth-order valence-electron chi connectivity index (χ4n) is 1.53. The molecule has 0 aromatic heterocycles. The van der Waals surface area contributed by atoms with Gasteiger partial charge in [0, 0.05) is 26.3 Å². The largest absolute Gasteiger partial charge is 0.461 e. The fourth-order valence-corrected chi connectivity index (χ4v) is 1.83. The second-order valence-electron chi connectivity index (χ2n) is 4.22. The Bertz CT molecular complexity index is 567. The third kappa shape index (κ3) is 5.83. The zero-order valence-corrected chi connectivity index (χ0v) is 12.7. The summed E-state index contributed by atoms with van der Waals surface area (Å²) in [5.41, 5.74) is 1.00. The summed E-state index contributed by atoms with van der Waals surface area (Å²) < 4.78 is 14.8. The summed E-state index contributed by atoms with van der Waals surface area (Å²) in [4.78, 5) is 32.8. The molecule has 0 fully saturated rings. The molecule has 7 heteroatoms. The number of carbonyl (C=O) groups excluding carboxylic acids is 3. The SMILES string of the molecule is CC(=O)OCc1cc(Cl)c(OC(C)=O)c(COC(C)=O)c1. The average molecular weight is 315 g/mol. The highest BCUT2D eigenvalue weighted by Gasteiger charge is 2.15. The van der Waals surface area contributed by atoms with Gasteiger partial charge in [0.15, 0.2) is 5.75 Å². The normalized spacial score (nSPS) is 9.90. The monoisotopic (exact) mass is 314 g/mol. The molecule has 0 radical (unpaired) electrons. The molecule has 1 aromatic rings. The van der Waals surface area contributed by atoms with Crippen molar-refractivity contribution in [3.05, 3.63) is 28.3 Å². The summed E-state index contributed by atoms with van der Waals surface area (Å²) in [6.07, 6.45) is 0. The van der Waals surface area contributed by atoms with Crippen LogP contribution in [0.2, 0.25) is 5.02 Å². The van der Waals surface area contributed by atoms with E-state index in [1.807, 2.05) is 0 Å². The van der Waals surface area contributed by atoms with Crippen LogP contribution in [0, 0.1) is 0 Å². The minimum Gasteiger partial charge on any atom is -0.461 e. The molecule has 0 spiro atoms. The first-order valence-corrected chi connectivity index (χ1v) is 6.43. The van der Waals surface area contributed by atoms with E-state index in [4.69, 9.17) is 25.8 Å². The molecular formula is C14H15ClO6. The highest BCUT2D eigenvalue weighted by molar-refractivity contribution is 6.32. The maximum atomic E-state index is 11.1. The Morgan fingerprint density at radius 3 is 2.05 bits per heavy atom. The van der Waals surface area contributed by atoms with Crippen molar-refractivity contribution < 1.29 is 28.6 Å². The van der Waals surface area contributed by atoms with Crippen molar-refractivity contribution in [1.82, 2.24) is 0 Å². The van der Waals surface area contributed by atoms with Crippen LogP contribution in [0.15, 0.2) is 12.1 Å². The van der Waals surface area contributed by atoms with E-state index >= 15 is 0 Å². The lowest BCUT2D eigenvalue weighted by Gasteiger charge is -2.13. The predicted molar refractivity (Wildman–Crippen MR) is 73.7 cm³/mol. The first kappa shape index (κ1) is 17.0. The van der Waals surface area contributed by atoms with Crippen LogP contribution in [0.1, 0.15) is 31.9 Å². The summed E-state index contributed by atoms with van der Waals surface area (Å²) in [6, 6.07) is 3.11. The molecule has 0 aliphatic rings. The lowest BCUT2D eigenvalue weighted by molar-refractivity contribution is -0.143. The summed E-state index contributed by atoms with van der Waals surface area (Å²) in [5, 5.41) is 0.164. The summed E-state index contributed by atoms with van der Waals surface area (Å²) >= 11 is 6.05. The zero-order chi connectivity index (χ0) is 16.0. The highest BCUT2D eigenvalue weighted by atomic mass is 35.5. The molecular weight excluding hydrogens is 300 g/mol. The second kappa shape index (κ2) is 7.64. The highest BCUT2D eigenvalue weighted by Crippen LogP contribution is 2.31. The zero-order valence-electron chi connectivity index (χ0n) is 11.9. The minimum atomic E-state index is -0.547. The second-order valence-corrected chi connectivity index (χ2v) is 4.63. The number of rotatable bonds is 5. The Kier molecular flexibility index (Phi) is 6.17. The molecule has 0 unspecified atom stereocenters. The van der Waals surface area contributed by atoms with Gasteiger partial charge in [-0.05, 0) is 17.7 Å². The van der Waals surface area contributed by atoms with Crippen LogP contribution >= 0.6 is 11.6 Å². The van der Waals surface area contributed by atoms with Gasteiger partial charge in [0.25, 0.3) is 0 Å². The molecule has 0 bridgehead atoms. The van der Waals surface area contributed by atoms with Gasteiger partial charge in [0.05, 0.1) is 5.02 Å². The molecule has 0 amide bonds. The molecule has 1 aromatic carbocycles. The van der Waals surface area contributed by atoms with Gasteiger partial charge >= 0.3 is 17.9 Å². The minimum absolute atomic E-state index is 0.0163. The number of hydrogen-bond donors (Lipinski definition) is 0. The number of hydrogen-bond acceptors (Lipinski definition) is 6. The van der Waals surface area contributed by atoms with Gasteiger partial charge in [0.1, 0.15) is 13.2 Å². The summed E-state index contributed by atoms with van der Waals surface area (Å²) in [6.45, 7) is 3.69. The lowest BCUT2D eigenvalue weighted by Crippen LogP contribution is -2.08. The molecule has 0 aliphatic heterocycles. The van der Waals surface area contributed by atoms with Crippen molar-refractivity contribution >= 4 is 29.5 Å². The smallest absolute Gasteiger partial charge is 0.308 e. The number of esters is 3. The Hall–Kier alpha value is -2.08. The Morgan fingerprint density at radius 1 is 0.952 bits per heavy atom. The number of ether oxygens (including phenoxy) is 3. The lowest BCUT2D eigenvalue weighted by atomic mass is 10.1. The van der Waals surface area contributed by atoms with Crippen LogP contribution in [-0.2, 0) is 37.1 Å². The van der Waals surface area contributed by atoms with Gasteiger partial charge < -0.3 is 14.2 Å². The van der Waals surface area contributed by atoms with Crippen LogP contribution in [0.5, 0.6) is 5.75 Å². The topological polar surface area (TPSA) is 78.9 Å². The van der Waals surface area contributed by atoms with Gasteiger partial charge in [-0.25, -0.2) is 0 Å². The van der Waals surface area contributed by atoms with E-state index in [0.29, 0.717) is 11.1 Å². The van der Waals surface area contributed by atoms with Crippen molar-refractivity contribution in [2.45, 2.75) is 34.0 Å². The third-order valence-corrected chi connectivity index (χ3v) is 2.58. The van der Waals surface area contributed by atoms with E-state index in [0.717, 1.165) is 0 Å². The fraction of sp³-hybridized carbons (Fsp3) is 0.357. The van der Waals surface area contributed by atoms with E-state index < -0.39 is 17.9 Å². The maximum Gasteiger partial charge on any atom is 0.308 e. The predicted octanol–water partition coefficient (Wildman–Crippen LogP) is 2.39. The van der Waals surface area contributed by atoms with Crippen LogP contribution < -0.4 is 4.74 Å². The summed E-state index contributed by atoms with van der Waals surface area (Å²) in [7, 11) is 0. The Morgan fingerprint density at radius 2 is 1.52 bits per heavy atom. The van der Waals surface area contributed by atoms with Crippen molar-refractivity contribution in [2.75, 3.05) is 0 Å². The van der Waals surface area contributed by atoms with Crippen molar-refractivity contribution in [3.8, 4) is 5.75 Å². The Balaban J connectivity index is 3.08. The number of halogens is 1. The van der Waals surface area contributed by atoms with Crippen molar-refractivity contribution in [1.29, 1.82) is 0 Å². The third-order valence-electron chi connectivity index (χ3n) is 2.30. The molecule has 0 saturated heterocycles. The molecule has 0 atom stereocenters. The van der Waals surface area contributed by atoms with Gasteiger partial charge in [0.2, 0.25) is 0 Å². The van der Waals surface area contributed by atoms with E-state index in [-0.39, 0.29) is 24.0 Å². The van der Waals surface area contributed by atoms with Crippen molar-refractivity contribution in [3.63, 3.8) is 0 Å². The van der Waals surface area contributed by atoms with Crippen molar-refractivity contribution in [2.24, 2.45) is 0 Å². The van der Waals surface area contributed by atoms with Crippen LogP contribution in [0.4, 0.5) is 0 Å². The first-order chi connectivity index (χ1) is 9.79. The Labute approximate surface area is 126 Å². The van der Waals surface area contributed by atoms with Crippen LogP contribution in [0.25, 0.3) is 0 Å². The average Bonchev–Trinajstić information content (AvgIpc) is 2.36. The summed E-state index contributed by atoms with van der Waals surface area (Å²) in [5.74, 6) is -1.34. The molecule has 0 saturated carbocycles. The van der Waals surface area contributed by atoms with E-state index in [1.54, 1.807) is 6.07 Å². The molecule has 0 heterocycles. The van der Waals surface area contributed by atoms with Crippen LogP contribution in [0.3, 0.4) is 0 Å². The molecule has 114 valence electrons. The quantitative estimate of drug-likeness (QED) is 0.613. The van der Waals surface area contributed by atoms with Gasteiger partial charge in [-0.15, -0.1) is 0 Å². The van der Waals surface area contributed by atoms with E-state index in [9.17, 15) is 14.4 Å². The standard InChI is InChI=1S/C14H15ClO6/c1-8(16)19-6-11-4-12(7-20-9(2)17)14(13(15)5-11)21-10(3)18/h4-5H,6-7H2,1-3H3. The van der Waals surface area contributed by atoms with E-state index in [1.165, 1.54) is 26.8 Å². The van der Waals surface area contributed by atoms with Gasteiger partial charge in [-0.3, -0.25) is 14.4 Å². The van der Waals surface area contributed by atoms with E-state index in [2.05, 4.69) is 0 Å². The molecule has 6 nitrogen and oxygen atoms in total. The van der Waals surface area contributed by atoms with Gasteiger partial charge in [-0.1, -0.05) is 11.6 Å². The molecule has 0 aliphatic carbocycles. The number of carbonyl (C=O) groups is 3. The molecule has 21 heavy (non-hydrogen) atoms. The maximum absolute atomic E-state index is 11.1. The van der Waals surface area contributed by atoms with Crippen LogP contribution in [-0.4, -0.2) is 17.9 Å².